The topological polar surface area (TPSA) is 21.6 Å². The molecule has 1 aromatic rings. The zero-order chi connectivity index (χ0) is 9.68. The molecule has 0 atom stereocenters. The highest BCUT2D eigenvalue weighted by atomic mass is 35.5. The zero-order valence-corrected chi connectivity index (χ0v) is 7.88. The first-order valence-corrected chi connectivity index (χ1v) is 4.07. The van der Waals surface area contributed by atoms with Crippen molar-refractivity contribution in [3.05, 3.63) is 24.3 Å². The van der Waals surface area contributed by atoms with Crippen LogP contribution in [0.25, 0.3) is 0 Å². The fourth-order valence-corrected chi connectivity index (χ4v) is 0.924. The average Bonchev–Trinajstić information content (AvgIpc) is 2.19. The van der Waals surface area contributed by atoms with E-state index in [4.69, 9.17) is 16.3 Å². The lowest BCUT2D eigenvalue weighted by Gasteiger charge is -1.98. The van der Waals surface area contributed by atoms with Gasteiger partial charge in [0.1, 0.15) is 17.6 Å². The lowest BCUT2D eigenvalue weighted by atomic mass is 10.3. The van der Waals surface area contributed by atoms with Gasteiger partial charge in [-0.2, -0.15) is 0 Å². The molecule has 0 aliphatic carbocycles. The smallest absolute Gasteiger partial charge is 0.142 e. The minimum absolute atomic E-state index is 0.0508. The standard InChI is InChI=1S/C9H9ClFNO/c1-13-8-4-2-7(3-5-8)12-9(10)6-11/h2-5H,6H2,1H3. The summed E-state index contributed by atoms with van der Waals surface area (Å²) in [5.41, 5.74) is 0.614. The summed E-state index contributed by atoms with van der Waals surface area (Å²) in [5.74, 6) is 0.732. The number of nitrogens with zero attached hydrogens (tertiary/aromatic N) is 1. The normalized spacial score (nSPS) is 11.5. The minimum Gasteiger partial charge on any atom is -0.497 e. The Morgan fingerprint density at radius 1 is 1.46 bits per heavy atom. The molecule has 0 bridgehead atoms. The van der Waals surface area contributed by atoms with E-state index < -0.39 is 6.67 Å². The summed E-state index contributed by atoms with van der Waals surface area (Å²) in [6, 6.07) is 6.89. The van der Waals surface area contributed by atoms with Crippen molar-refractivity contribution in [2.45, 2.75) is 0 Å². The van der Waals surface area contributed by atoms with E-state index >= 15 is 0 Å². The molecular formula is C9H9ClFNO. The highest BCUT2D eigenvalue weighted by molar-refractivity contribution is 6.66. The van der Waals surface area contributed by atoms with E-state index in [1.807, 2.05) is 0 Å². The average molecular weight is 202 g/mol. The van der Waals surface area contributed by atoms with Gasteiger partial charge in [-0.1, -0.05) is 11.6 Å². The third-order valence-corrected chi connectivity index (χ3v) is 1.62. The quantitative estimate of drug-likeness (QED) is 0.689. The van der Waals surface area contributed by atoms with Gasteiger partial charge >= 0.3 is 0 Å². The van der Waals surface area contributed by atoms with E-state index in [1.54, 1.807) is 31.4 Å². The summed E-state index contributed by atoms with van der Waals surface area (Å²) in [6.07, 6.45) is 0. The Labute approximate surface area is 81.0 Å². The number of hydrogen-bond acceptors (Lipinski definition) is 2. The van der Waals surface area contributed by atoms with Crippen LogP contribution in [0.15, 0.2) is 29.3 Å². The predicted octanol–water partition coefficient (Wildman–Crippen LogP) is 2.93. The second-order valence-corrected chi connectivity index (χ2v) is 2.76. The van der Waals surface area contributed by atoms with Crippen LogP contribution in [0.3, 0.4) is 0 Å². The van der Waals surface area contributed by atoms with E-state index in [1.165, 1.54) is 0 Å². The number of halogens is 2. The van der Waals surface area contributed by atoms with Crippen LogP contribution in [-0.4, -0.2) is 19.0 Å². The number of hydrogen-bond donors (Lipinski definition) is 0. The molecule has 2 nitrogen and oxygen atoms in total. The van der Waals surface area contributed by atoms with Crippen LogP contribution in [-0.2, 0) is 0 Å². The van der Waals surface area contributed by atoms with Crippen LogP contribution >= 0.6 is 11.6 Å². The van der Waals surface area contributed by atoms with Gasteiger partial charge in [0, 0.05) is 0 Å². The molecule has 4 heteroatoms. The molecule has 0 aliphatic heterocycles. The molecule has 0 saturated carbocycles. The maximum absolute atomic E-state index is 11.9. The Hall–Kier alpha value is -1.09. The highest BCUT2D eigenvalue weighted by Crippen LogP contribution is 2.18. The molecule has 0 aromatic heterocycles. The molecule has 0 saturated heterocycles. The third kappa shape index (κ3) is 3.03. The predicted molar refractivity (Wildman–Crippen MR) is 51.9 cm³/mol. The van der Waals surface area contributed by atoms with Crippen molar-refractivity contribution in [1.29, 1.82) is 0 Å². The Kier molecular flexibility index (Phi) is 3.71. The summed E-state index contributed by atoms with van der Waals surface area (Å²) in [4.78, 5) is 3.80. The third-order valence-electron chi connectivity index (χ3n) is 1.43. The van der Waals surface area contributed by atoms with Crippen molar-refractivity contribution in [2.75, 3.05) is 13.8 Å². The van der Waals surface area contributed by atoms with E-state index in [0.29, 0.717) is 5.69 Å². The molecule has 0 aliphatic rings. The van der Waals surface area contributed by atoms with Crippen molar-refractivity contribution < 1.29 is 9.13 Å². The fraction of sp³-hybridized carbons (Fsp3) is 0.222. The SMILES string of the molecule is COc1ccc(N=C(Cl)CF)cc1. The first-order valence-electron chi connectivity index (χ1n) is 3.69. The van der Waals surface area contributed by atoms with E-state index in [0.717, 1.165) is 5.75 Å². The molecule has 0 heterocycles. The number of ether oxygens (including phenoxy) is 1. The maximum Gasteiger partial charge on any atom is 0.142 e. The van der Waals surface area contributed by atoms with Crippen LogP contribution in [0.2, 0.25) is 0 Å². The number of rotatable bonds is 3. The fourth-order valence-electron chi connectivity index (χ4n) is 0.827. The Balaban J connectivity index is 2.80. The second-order valence-electron chi connectivity index (χ2n) is 2.32. The maximum atomic E-state index is 11.9. The number of aliphatic imine (C=N–C) groups is 1. The molecule has 70 valence electrons. The van der Waals surface area contributed by atoms with Gasteiger partial charge in [0.2, 0.25) is 0 Å². The Bertz CT molecular complexity index is 297. The van der Waals surface area contributed by atoms with Crippen molar-refractivity contribution in [3.8, 4) is 5.75 Å². The monoisotopic (exact) mass is 201 g/mol. The van der Waals surface area contributed by atoms with Gasteiger partial charge in [-0.05, 0) is 24.3 Å². The first-order chi connectivity index (χ1) is 6.26. The van der Waals surface area contributed by atoms with Crippen molar-refractivity contribution in [1.82, 2.24) is 0 Å². The molecule has 0 radical (unpaired) electrons. The summed E-state index contributed by atoms with van der Waals surface area (Å²) in [7, 11) is 1.58. The Morgan fingerprint density at radius 2 is 2.08 bits per heavy atom. The van der Waals surface area contributed by atoms with Crippen LogP contribution < -0.4 is 4.74 Å². The molecule has 0 fully saturated rings. The van der Waals surface area contributed by atoms with Crippen molar-refractivity contribution in [2.24, 2.45) is 4.99 Å². The largest absolute Gasteiger partial charge is 0.497 e. The first kappa shape index (κ1) is 9.99. The molecule has 0 amide bonds. The van der Waals surface area contributed by atoms with Gasteiger partial charge in [-0.25, -0.2) is 9.38 Å². The van der Waals surface area contributed by atoms with Gasteiger partial charge in [0.05, 0.1) is 12.8 Å². The number of alkyl halides is 1. The van der Waals surface area contributed by atoms with E-state index in [2.05, 4.69) is 4.99 Å². The molecule has 13 heavy (non-hydrogen) atoms. The lowest BCUT2D eigenvalue weighted by molar-refractivity contribution is 0.415. The van der Waals surface area contributed by atoms with Gasteiger partial charge < -0.3 is 4.74 Å². The second kappa shape index (κ2) is 4.82. The lowest BCUT2D eigenvalue weighted by Crippen LogP contribution is -1.87. The number of methoxy groups -OCH3 is 1. The highest BCUT2D eigenvalue weighted by Gasteiger charge is 1.94. The van der Waals surface area contributed by atoms with Crippen LogP contribution in [0.1, 0.15) is 0 Å². The zero-order valence-electron chi connectivity index (χ0n) is 7.13. The van der Waals surface area contributed by atoms with Gasteiger partial charge in [-0.3, -0.25) is 0 Å². The van der Waals surface area contributed by atoms with E-state index in [9.17, 15) is 4.39 Å². The molecule has 0 spiro atoms. The summed E-state index contributed by atoms with van der Waals surface area (Å²) in [6.45, 7) is -0.742. The van der Waals surface area contributed by atoms with Gasteiger partial charge in [-0.15, -0.1) is 0 Å². The molecule has 0 N–H and O–H groups in total. The molecule has 1 rings (SSSR count). The molecule has 1 aromatic carbocycles. The van der Waals surface area contributed by atoms with Crippen LogP contribution in [0.5, 0.6) is 5.75 Å². The van der Waals surface area contributed by atoms with Gasteiger partial charge in [0.25, 0.3) is 0 Å². The van der Waals surface area contributed by atoms with Crippen molar-refractivity contribution >= 4 is 22.5 Å². The molecule has 0 unspecified atom stereocenters. The van der Waals surface area contributed by atoms with E-state index in [-0.39, 0.29) is 5.17 Å². The van der Waals surface area contributed by atoms with Crippen molar-refractivity contribution in [3.63, 3.8) is 0 Å². The van der Waals surface area contributed by atoms with Crippen LogP contribution in [0.4, 0.5) is 10.1 Å². The summed E-state index contributed by atoms with van der Waals surface area (Å²) >= 11 is 5.42. The van der Waals surface area contributed by atoms with Gasteiger partial charge in [0.15, 0.2) is 0 Å². The number of benzene rings is 1. The summed E-state index contributed by atoms with van der Waals surface area (Å²) in [5, 5.41) is -0.0508. The van der Waals surface area contributed by atoms with Crippen LogP contribution in [0, 0.1) is 0 Å². The summed E-state index contributed by atoms with van der Waals surface area (Å²) < 4.78 is 16.9. The molecular weight excluding hydrogens is 193 g/mol. The minimum atomic E-state index is -0.742. The Morgan fingerprint density at radius 3 is 2.54 bits per heavy atom.